The summed E-state index contributed by atoms with van der Waals surface area (Å²) in [5, 5.41) is 11.9. The lowest BCUT2D eigenvalue weighted by atomic mass is 10.1. The van der Waals surface area contributed by atoms with E-state index in [1.54, 1.807) is 19.1 Å². The molecular formula is C15H20INO4. The van der Waals surface area contributed by atoms with Crippen LogP contribution in [-0.2, 0) is 4.79 Å². The molecule has 1 rings (SSSR count). The summed E-state index contributed by atoms with van der Waals surface area (Å²) in [7, 11) is 0. The number of carbonyl (C=O) groups excluding carboxylic acids is 1. The van der Waals surface area contributed by atoms with Crippen LogP contribution in [0.15, 0.2) is 18.2 Å². The average Bonchev–Trinajstić information content (AvgIpc) is 2.39. The minimum Gasteiger partial charge on any atom is -0.480 e. The number of aromatic carboxylic acids is 1. The third kappa shape index (κ3) is 5.91. The van der Waals surface area contributed by atoms with Gasteiger partial charge in [0.25, 0.3) is 5.91 Å². The first-order chi connectivity index (χ1) is 9.81. The molecule has 0 aliphatic carbocycles. The number of halogens is 1. The van der Waals surface area contributed by atoms with Crippen LogP contribution in [-0.4, -0.2) is 29.6 Å². The van der Waals surface area contributed by atoms with Crippen molar-refractivity contribution in [2.75, 3.05) is 6.54 Å². The Bertz CT molecular complexity index is 516. The molecule has 116 valence electrons. The zero-order valence-electron chi connectivity index (χ0n) is 12.4. The standard InChI is InChI=1S/C15H20INO4/c1-9(2)6-7-17-14(18)10(3)21-13-5-4-11(16)8-12(13)15(19)20/h4-5,8-10H,6-7H2,1-3H3,(H,17,18)(H,19,20). The SMILES string of the molecule is CC(C)CCNC(=O)C(C)Oc1ccc(I)cc1C(=O)O. The first-order valence-corrected chi connectivity index (χ1v) is 7.86. The number of ether oxygens (including phenoxy) is 1. The highest BCUT2D eigenvalue weighted by molar-refractivity contribution is 14.1. The molecule has 0 bridgehead atoms. The van der Waals surface area contributed by atoms with E-state index in [-0.39, 0.29) is 17.2 Å². The Morgan fingerprint density at radius 2 is 2.00 bits per heavy atom. The van der Waals surface area contributed by atoms with Gasteiger partial charge in [0.2, 0.25) is 0 Å². The summed E-state index contributed by atoms with van der Waals surface area (Å²) in [5.74, 6) is -0.604. The van der Waals surface area contributed by atoms with Gasteiger partial charge in [-0.25, -0.2) is 4.79 Å². The Hall–Kier alpha value is -1.31. The van der Waals surface area contributed by atoms with Crippen molar-refractivity contribution in [1.29, 1.82) is 0 Å². The van der Waals surface area contributed by atoms with E-state index in [4.69, 9.17) is 9.84 Å². The van der Waals surface area contributed by atoms with Gasteiger partial charge in [0.15, 0.2) is 6.10 Å². The molecule has 21 heavy (non-hydrogen) atoms. The van der Waals surface area contributed by atoms with Crippen molar-refractivity contribution in [3.05, 3.63) is 27.3 Å². The fourth-order valence-corrected chi connectivity index (χ4v) is 2.14. The van der Waals surface area contributed by atoms with Gasteiger partial charge in [-0.15, -0.1) is 0 Å². The van der Waals surface area contributed by atoms with E-state index >= 15 is 0 Å². The van der Waals surface area contributed by atoms with E-state index in [2.05, 4.69) is 19.2 Å². The van der Waals surface area contributed by atoms with Crippen molar-refractivity contribution in [2.24, 2.45) is 5.92 Å². The Morgan fingerprint density at radius 3 is 2.57 bits per heavy atom. The zero-order chi connectivity index (χ0) is 16.0. The van der Waals surface area contributed by atoms with Crippen molar-refractivity contribution in [2.45, 2.75) is 33.3 Å². The van der Waals surface area contributed by atoms with Gasteiger partial charge in [-0.1, -0.05) is 13.8 Å². The largest absolute Gasteiger partial charge is 0.480 e. The minimum atomic E-state index is -1.07. The maximum atomic E-state index is 11.9. The van der Waals surface area contributed by atoms with Crippen LogP contribution in [0.25, 0.3) is 0 Å². The summed E-state index contributed by atoms with van der Waals surface area (Å²) < 4.78 is 6.28. The van der Waals surface area contributed by atoms with E-state index in [9.17, 15) is 9.59 Å². The Balaban J connectivity index is 2.68. The number of carboxylic acids is 1. The highest BCUT2D eigenvalue weighted by Crippen LogP contribution is 2.22. The lowest BCUT2D eigenvalue weighted by Gasteiger charge is -2.16. The molecule has 0 fully saturated rings. The summed E-state index contributed by atoms with van der Waals surface area (Å²) >= 11 is 2.03. The number of benzene rings is 1. The van der Waals surface area contributed by atoms with E-state index in [1.807, 2.05) is 22.6 Å². The topological polar surface area (TPSA) is 75.6 Å². The number of carbonyl (C=O) groups is 2. The van der Waals surface area contributed by atoms with Crippen molar-refractivity contribution in [1.82, 2.24) is 5.32 Å². The zero-order valence-corrected chi connectivity index (χ0v) is 14.5. The quantitative estimate of drug-likeness (QED) is 0.685. The molecule has 0 aliphatic heterocycles. The maximum absolute atomic E-state index is 11.9. The lowest BCUT2D eigenvalue weighted by Crippen LogP contribution is -2.37. The molecule has 0 spiro atoms. The molecule has 0 saturated heterocycles. The number of hydrogen-bond donors (Lipinski definition) is 2. The fraction of sp³-hybridized carbons (Fsp3) is 0.467. The second kappa shape index (κ2) is 8.21. The van der Waals surface area contributed by atoms with E-state index in [1.165, 1.54) is 6.07 Å². The molecule has 0 radical (unpaired) electrons. The molecule has 1 aromatic rings. The molecule has 1 unspecified atom stereocenters. The van der Waals surface area contributed by atoms with Crippen molar-refractivity contribution < 1.29 is 19.4 Å². The summed E-state index contributed by atoms with van der Waals surface area (Å²) in [5.41, 5.74) is 0.0590. The van der Waals surface area contributed by atoms with Crippen molar-refractivity contribution in [3.8, 4) is 5.75 Å². The second-order valence-corrected chi connectivity index (χ2v) is 6.42. The predicted octanol–water partition coefficient (Wildman–Crippen LogP) is 2.92. The van der Waals surface area contributed by atoms with Crippen molar-refractivity contribution >= 4 is 34.5 Å². The van der Waals surface area contributed by atoms with Gasteiger partial charge in [0.1, 0.15) is 11.3 Å². The molecule has 5 nitrogen and oxygen atoms in total. The minimum absolute atomic E-state index is 0.0590. The highest BCUT2D eigenvalue weighted by atomic mass is 127. The third-order valence-electron chi connectivity index (χ3n) is 2.87. The van der Waals surface area contributed by atoms with Gasteiger partial charge >= 0.3 is 5.97 Å². The van der Waals surface area contributed by atoms with Crippen molar-refractivity contribution in [3.63, 3.8) is 0 Å². The second-order valence-electron chi connectivity index (χ2n) is 5.18. The van der Waals surface area contributed by atoms with Gasteiger partial charge < -0.3 is 15.2 Å². The summed E-state index contributed by atoms with van der Waals surface area (Å²) in [4.78, 5) is 23.1. The van der Waals surface area contributed by atoms with Crippen LogP contribution in [0.3, 0.4) is 0 Å². The van der Waals surface area contributed by atoms with E-state index in [0.717, 1.165) is 9.99 Å². The fourth-order valence-electron chi connectivity index (χ4n) is 1.64. The smallest absolute Gasteiger partial charge is 0.339 e. The van der Waals surface area contributed by atoms with E-state index in [0.29, 0.717) is 12.5 Å². The Morgan fingerprint density at radius 1 is 1.33 bits per heavy atom. The van der Waals surface area contributed by atoms with Crippen LogP contribution in [0.5, 0.6) is 5.75 Å². The molecule has 0 aromatic heterocycles. The van der Waals surface area contributed by atoms with Crippen LogP contribution in [0.1, 0.15) is 37.6 Å². The highest BCUT2D eigenvalue weighted by Gasteiger charge is 2.18. The number of hydrogen-bond acceptors (Lipinski definition) is 3. The van der Waals surface area contributed by atoms with Crippen LogP contribution in [0, 0.1) is 9.49 Å². The molecule has 2 N–H and O–H groups in total. The molecule has 1 amide bonds. The average molecular weight is 405 g/mol. The van der Waals surface area contributed by atoms with Gasteiger partial charge in [0, 0.05) is 10.1 Å². The first kappa shape index (κ1) is 17.7. The molecule has 1 aromatic carbocycles. The molecule has 0 heterocycles. The van der Waals surface area contributed by atoms with Gasteiger partial charge in [-0.3, -0.25) is 4.79 Å². The maximum Gasteiger partial charge on any atom is 0.339 e. The number of amides is 1. The van der Waals surface area contributed by atoms with Crippen LogP contribution in [0.2, 0.25) is 0 Å². The monoisotopic (exact) mass is 405 g/mol. The molecule has 1 atom stereocenters. The molecule has 6 heteroatoms. The molecule has 0 saturated carbocycles. The Labute approximate surface area is 138 Å². The van der Waals surface area contributed by atoms with Crippen LogP contribution >= 0.6 is 22.6 Å². The van der Waals surface area contributed by atoms with E-state index < -0.39 is 12.1 Å². The molecular weight excluding hydrogens is 385 g/mol. The summed E-state index contributed by atoms with van der Waals surface area (Å²) in [6.45, 7) is 6.35. The van der Waals surface area contributed by atoms with Gasteiger partial charge in [-0.05, 0) is 60.1 Å². The number of nitrogens with one attached hydrogen (secondary N) is 1. The number of rotatable bonds is 7. The molecule has 0 aliphatic rings. The lowest BCUT2D eigenvalue weighted by molar-refractivity contribution is -0.127. The third-order valence-corrected chi connectivity index (χ3v) is 3.54. The van der Waals surface area contributed by atoms with Gasteiger partial charge in [0.05, 0.1) is 0 Å². The predicted molar refractivity (Wildman–Crippen MR) is 88.7 cm³/mol. The van der Waals surface area contributed by atoms with Gasteiger partial charge in [-0.2, -0.15) is 0 Å². The number of carboxylic acid groups (broad SMARTS) is 1. The normalized spacial score (nSPS) is 12.0. The summed E-state index contributed by atoms with van der Waals surface area (Å²) in [6.07, 6.45) is 0.151. The first-order valence-electron chi connectivity index (χ1n) is 6.78. The van der Waals surface area contributed by atoms with Crippen LogP contribution < -0.4 is 10.1 Å². The van der Waals surface area contributed by atoms with Crippen LogP contribution in [0.4, 0.5) is 0 Å². The Kier molecular flexibility index (Phi) is 6.94. The summed E-state index contributed by atoms with van der Waals surface area (Å²) in [6, 6.07) is 4.83.